The first-order chi connectivity index (χ1) is 15.3. The molecule has 0 saturated heterocycles. The second kappa shape index (κ2) is 10.4. The van der Waals surface area contributed by atoms with Crippen LogP contribution in [-0.4, -0.2) is 31.8 Å². The van der Waals surface area contributed by atoms with E-state index < -0.39 is 16.1 Å². The summed E-state index contributed by atoms with van der Waals surface area (Å²) in [7, 11) is -2.10. The van der Waals surface area contributed by atoms with E-state index >= 15 is 0 Å². The summed E-state index contributed by atoms with van der Waals surface area (Å²) in [5.41, 5.74) is 2.52. The van der Waals surface area contributed by atoms with Crippen LogP contribution in [0.3, 0.4) is 0 Å². The van der Waals surface area contributed by atoms with Gasteiger partial charge in [-0.25, -0.2) is 8.42 Å². The first-order valence-electron chi connectivity index (χ1n) is 10.4. The van der Waals surface area contributed by atoms with Crippen LogP contribution in [0.1, 0.15) is 24.5 Å². The fourth-order valence-corrected chi connectivity index (χ4v) is 4.30. The third kappa shape index (κ3) is 5.96. The summed E-state index contributed by atoms with van der Waals surface area (Å²) in [4.78, 5) is 12.8. The van der Waals surface area contributed by atoms with Crippen molar-refractivity contribution in [2.24, 2.45) is 0 Å². The van der Waals surface area contributed by atoms with Crippen molar-refractivity contribution in [1.82, 2.24) is 4.31 Å². The van der Waals surface area contributed by atoms with Crippen molar-refractivity contribution in [3.63, 3.8) is 0 Å². The van der Waals surface area contributed by atoms with Crippen molar-refractivity contribution in [3.05, 3.63) is 90.0 Å². The van der Waals surface area contributed by atoms with Gasteiger partial charge in [0.25, 0.3) is 5.91 Å². The summed E-state index contributed by atoms with van der Waals surface area (Å²) in [6.07, 6.45) is -0.158. The molecule has 1 unspecified atom stereocenters. The van der Waals surface area contributed by atoms with Crippen LogP contribution in [0.2, 0.25) is 0 Å². The molecule has 0 aromatic heterocycles. The van der Waals surface area contributed by atoms with Crippen LogP contribution < -0.4 is 10.1 Å². The van der Waals surface area contributed by atoms with E-state index in [1.807, 2.05) is 68.4 Å². The lowest BCUT2D eigenvalue weighted by Crippen LogP contribution is -2.32. The largest absolute Gasteiger partial charge is 0.481 e. The molecule has 168 valence electrons. The Bertz CT molecular complexity index is 1130. The average molecular weight is 453 g/mol. The minimum absolute atomic E-state index is 0.164. The summed E-state index contributed by atoms with van der Waals surface area (Å²) in [6, 6.07) is 23.1. The van der Waals surface area contributed by atoms with Crippen LogP contribution in [0.4, 0.5) is 5.69 Å². The fraction of sp³-hybridized carbons (Fsp3) is 0.240. The van der Waals surface area contributed by atoms with Crippen LogP contribution in [0, 0.1) is 6.92 Å². The maximum Gasteiger partial charge on any atom is 0.265 e. The van der Waals surface area contributed by atoms with Gasteiger partial charge in [0, 0.05) is 19.3 Å². The van der Waals surface area contributed by atoms with Gasteiger partial charge in [0.1, 0.15) is 5.75 Å². The van der Waals surface area contributed by atoms with Gasteiger partial charge in [-0.2, -0.15) is 4.31 Å². The van der Waals surface area contributed by atoms with E-state index in [-0.39, 0.29) is 17.3 Å². The number of aryl methyl sites for hydroxylation is 1. The zero-order valence-electron chi connectivity index (χ0n) is 18.5. The summed E-state index contributed by atoms with van der Waals surface area (Å²) in [6.45, 7) is 4.13. The van der Waals surface area contributed by atoms with E-state index in [1.54, 1.807) is 19.2 Å². The van der Waals surface area contributed by atoms with E-state index in [4.69, 9.17) is 4.74 Å². The van der Waals surface area contributed by atoms with Crippen LogP contribution >= 0.6 is 0 Å². The van der Waals surface area contributed by atoms with Gasteiger partial charge in [0.2, 0.25) is 10.0 Å². The van der Waals surface area contributed by atoms with E-state index in [0.29, 0.717) is 17.9 Å². The number of nitrogens with one attached hydrogen (secondary N) is 1. The molecular formula is C25H28N2O4S. The van der Waals surface area contributed by atoms with Crippen LogP contribution in [0.5, 0.6) is 5.75 Å². The molecule has 0 heterocycles. The predicted octanol–water partition coefficient (Wildman–Crippen LogP) is 4.61. The average Bonchev–Trinajstić information content (AvgIpc) is 2.79. The molecule has 0 radical (unpaired) electrons. The zero-order chi connectivity index (χ0) is 23.1. The first kappa shape index (κ1) is 23.5. The van der Waals surface area contributed by atoms with Crippen LogP contribution in [-0.2, 0) is 21.4 Å². The number of anilines is 1. The standard InChI is InChI=1S/C25H28N2O4S/c1-4-24(31-22-14-10-19(2)11-15-22)25(28)26-21-12-16-23(17-13-21)32(29,30)27(3)18-20-8-6-5-7-9-20/h5-17,24H,4,18H2,1-3H3,(H,26,28). The Morgan fingerprint density at radius 2 is 1.59 bits per heavy atom. The Balaban J connectivity index is 1.65. The van der Waals surface area contributed by atoms with Gasteiger partial charge in [-0.3, -0.25) is 4.79 Å². The number of benzene rings is 3. The lowest BCUT2D eigenvalue weighted by molar-refractivity contribution is -0.122. The van der Waals surface area contributed by atoms with Gasteiger partial charge in [-0.05, 0) is 55.3 Å². The molecule has 1 atom stereocenters. The third-order valence-corrected chi connectivity index (χ3v) is 6.86. The normalized spacial score (nSPS) is 12.4. The van der Waals surface area contributed by atoms with Crippen molar-refractivity contribution in [3.8, 4) is 5.75 Å². The number of rotatable bonds is 9. The Hall–Kier alpha value is -3.16. The number of nitrogens with zero attached hydrogens (tertiary/aromatic N) is 1. The second-order valence-electron chi connectivity index (χ2n) is 7.59. The molecule has 0 aliphatic rings. The molecule has 32 heavy (non-hydrogen) atoms. The SMILES string of the molecule is CCC(Oc1ccc(C)cc1)C(=O)Nc1ccc(S(=O)(=O)N(C)Cc2ccccc2)cc1. The van der Waals surface area contributed by atoms with Crippen molar-refractivity contribution in [2.45, 2.75) is 37.8 Å². The highest BCUT2D eigenvalue weighted by atomic mass is 32.2. The topological polar surface area (TPSA) is 75.7 Å². The molecule has 6 nitrogen and oxygen atoms in total. The minimum atomic E-state index is -3.65. The molecule has 0 aliphatic carbocycles. The van der Waals surface area contributed by atoms with Crippen molar-refractivity contribution in [2.75, 3.05) is 12.4 Å². The maximum atomic E-state index is 12.9. The lowest BCUT2D eigenvalue weighted by atomic mass is 10.2. The molecule has 1 amide bonds. The Morgan fingerprint density at radius 3 is 2.19 bits per heavy atom. The first-order valence-corrected chi connectivity index (χ1v) is 11.9. The third-order valence-electron chi connectivity index (χ3n) is 5.04. The van der Waals surface area contributed by atoms with E-state index in [2.05, 4.69) is 5.32 Å². The van der Waals surface area contributed by atoms with Crippen LogP contribution in [0.25, 0.3) is 0 Å². The van der Waals surface area contributed by atoms with E-state index in [9.17, 15) is 13.2 Å². The quantitative estimate of drug-likeness (QED) is 0.514. The smallest absolute Gasteiger partial charge is 0.265 e. The molecule has 3 rings (SSSR count). The number of hydrogen-bond donors (Lipinski definition) is 1. The molecule has 0 aliphatic heterocycles. The molecule has 0 bridgehead atoms. The molecule has 3 aromatic carbocycles. The number of ether oxygens (including phenoxy) is 1. The van der Waals surface area contributed by atoms with Crippen molar-refractivity contribution in [1.29, 1.82) is 0 Å². The number of sulfonamides is 1. The zero-order valence-corrected chi connectivity index (χ0v) is 19.3. The van der Waals surface area contributed by atoms with Crippen molar-refractivity contribution >= 4 is 21.6 Å². The molecular weight excluding hydrogens is 424 g/mol. The molecule has 0 spiro atoms. The maximum absolute atomic E-state index is 12.9. The molecule has 7 heteroatoms. The summed E-state index contributed by atoms with van der Waals surface area (Å²) >= 11 is 0. The molecule has 0 saturated carbocycles. The molecule has 0 fully saturated rings. The molecule has 1 N–H and O–H groups in total. The van der Waals surface area contributed by atoms with Crippen molar-refractivity contribution < 1.29 is 17.9 Å². The highest BCUT2D eigenvalue weighted by molar-refractivity contribution is 7.89. The van der Waals surface area contributed by atoms with E-state index in [0.717, 1.165) is 11.1 Å². The number of carbonyl (C=O) groups excluding carboxylic acids is 1. The summed E-state index contributed by atoms with van der Waals surface area (Å²) in [5.74, 6) is 0.338. The highest BCUT2D eigenvalue weighted by Crippen LogP contribution is 2.20. The number of hydrogen-bond acceptors (Lipinski definition) is 4. The highest BCUT2D eigenvalue weighted by Gasteiger charge is 2.22. The van der Waals surface area contributed by atoms with Gasteiger partial charge in [0.15, 0.2) is 6.10 Å². The van der Waals surface area contributed by atoms with Gasteiger partial charge in [-0.1, -0.05) is 55.0 Å². The van der Waals surface area contributed by atoms with Gasteiger partial charge in [-0.15, -0.1) is 0 Å². The Kier molecular flexibility index (Phi) is 7.66. The number of carbonyl (C=O) groups is 1. The minimum Gasteiger partial charge on any atom is -0.481 e. The Morgan fingerprint density at radius 1 is 0.969 bits per heavy atom. The van der Waals surface area contributed by atoms with Gasteiger partial charge < -0.3 is 10.1 Å². The van der Waals surface area contributed by atoms with Crippen LogP contribution in [0.15, 0.2) is 83.8 Å². The summed E-state index contributed by atoms with van der Waals surface area (Å²) < 4.78 is 32.8. The fourth-order valence-electron chi connectivity index (χ4n) is 3.14. The monoisotopic (exact) mass is 452 g/mol. The predicted molar refractivity (Wildman–Crippen MR) is 126 cm³/mol. The number of amides is 1. The van der Waals surface area contributed by atoms with Gasteiger partial charge in [0.05, 0.1) is 4.90 Å². The lowest BCUT2D eigenvalue weighted by Gasteiger charge is -2.19. The van der Waals surface area contributed by atoms with E-state index in [1.165, 1.54) is 16.4 Å². The summed E-state index contributed by atoms with van der Waals surface area (Å²) in [5, 5.41) is 2.80. The Labute approximate surface area is 189 Å². The van der Waals surface area contributed by atoms with Gasteiger partial charge >= 0.3 is 0 Å². The second-order valence-corrected chi connectivity index (χ2v) is 9.63. The molecule has 3 aromatic rings.